The first-order valence-corrected chi connectivity index (χ1v) is 8.02. The van der Waals surface area contributed by atoms with Gasteiger partial charge in [-0.3, -0.25) is 19.4 Å². The second kappa shape index (κ2) is 6.81. The lowest BCUT2D eigenvalue weighted by Gasteiger charge is -2.34. The molecule has 1 aromatic rings. The van der Waals surface area contributed by atoms with E-state index in [4.69, 9.17) is 0 Å². The normalized spacial score (nSPS) is 21.0. The molecule has 0 spiro atoms. The molecule has 1 fully saturated rings. The Hall–Kier alpha value is -2.37. The summed E-state index contributed by atoms with van der Waals surface area (Å²) in [5.41, 5.74) is -1.09. The average Bonchev–Trinajstić information content (AvgIpc) is 2.77. The minimum atomic E-state index is -1.61. The van der Waals surface area contributed by atoms with E-state index in [1.54, 1.807) is 38.1 Å². The van der Waals surface area contributed by atoms with Gasteiger partial charge in [0, 0.05) is 19.6 Å². The summed E-state index contributed by atoms with van der Waals surface area (Å²) in [6.45, 7) is 6.41. The molecule has 2 rings (SSSR count). The Labute approximate surface area is 136 Å². The van der Waals surface area contributed by atoms with Gasteiger partial charge in [-0.1, -0.05) is 37.3 Å². The highest BCUT2D eigenvalue weighted by Gasteiger charge is 2.62. The molecule has 124 valence electrons. The summed E-state index contributed by atoms with van der Waals surface area (Å²) < 4.78 is 0. The van der Waals surface area contributed by atoms with Crippen LogP contribution in [0.3, 0.4) is 0 Å². The molecule has 1 saturated heterocycles. The number of rotatable bonds is 6. The minimum absolute atomic E-state index is 0.242. The summed E-state index contributed by atoms with van der Waals surface area (Å²) in [6, 6.07) is 8.40. The van der Waals surface area contributed by atoms with E-state index in [0.29, 0.717) is 25.1 Å². The summed E-state index contributed by atoms with van der Waals surface area (Å²) in [5.74, 6) is -0.926. The maximum absolute atomic E-state index is 13.1. The fraction of sp³-hybridized carbons (Fsp3) is 0.471. The Morgan fingerprint density at radius 1 is 1.13 bits per heavy atom. The maximum atomic E-state index is 13.1. The van der Waals surface area contributed by atoms with Crippen LogP contribution < -0.4 is 5.32 Å². The molecule has 6 heteroatoms. The molecular formula is C17H23N3O3. The van der Waals surface area contributed by atoms with Gasteiger partial charge < -0.3 is 5.32 Å². The number of nitrogens with zero attached hydrogens (tertiary/aromatic N) is 2. The molecule has 0 aliphatic carbocycles. The first kappa shape index (κ1) is 17.0. The Morgan fingerprint density at radius 2 is 1.78 bits per heavy atom. The standard InChI is InChI=1S/C17H23N3O3/c1-4-12-20-16(23)19(6-3)15(22)17(20,14(21)18-5-2)13-10-8-7-9-11-13/h7-11H,4-6,12H2,1-3H3,(H,18,21). The number of hydrogen-bond donors (Lipinski definition) is 1. The van der Waals surface area contributed by atoms with Crippen LogP contribution in [0.25, 0.3) is 0 Å². The van der Waals surface area contributed by atoms with Gasteiger partial charge in [0.15, 0.2) is 0 Å². The Morgan fingerprint density at radius 3 is 2.30 bits per heavy atom. The van der Waals surface area contributed by atoms with Crippen molar-refractivity contribution in [3.05, 3.63) is 35.9 Å². The highest BCUT2D eigenvalue weighted by Crippen LogP contribution is 2.38. The van der Waals surface area contributed by atoms with Gasteiger partial charge in [-0.15, -0.1) is 0 Å². The largest absolute Gasteiger partial charge is 0.354 e. The zero-order valence-electron chi connectivity index (χ0n) is 13.8. The predicted molar refractivity (Wildman–Crippen MR) is 86.6 cm³/mol. The quantitative estimate of drug-likeness (QED) is 0.641. The van der Waals surface area contributed by atoms with Crippen LogP contribution in [-0.2, 0) is 15.1 Å². The number of hydrogen-bond acceptors (Lipinski definition) is 3. The van der Waals surface area contributed by atoms with Crippen LogP contribution in [-0.4, -0.2) is 47.3 Å². The van der Waals surface area contributed by atoms with Crippen molar-refractivity contribution in [2.45, 2.75) is 32.7 Å². The van der Waals surface area contributed by atoms with E-state index in [9.17, 15) is 14.4 Å². The van der Waals surface area contributed by atoms with Crippen molar-refractivity contribution >= 4 is 17.8 Å². The average molecular weight is 317 g/mol. The molecule has 1 atom stereocenters. The van der Waals surface area contributed by atoms with E-state index in [0.717, 1.165) is 4.90 Å². The number of carbonyl (C=O) groups excluding carboxylic acids is 3. The van der Waals surface area contributed by atoms with E-state index in [1.807, 2.05) is 13.0 Å². The lowest BCUT2D eigenvalue weighted by atomic mass is 9.86. The zero-order valence-corrected chi connectivity index (χ0v) is 13.8. The number of likely N-dealkylation sites (N-methyl/N-ethyl adjacent to an activating group) is 2. The van der Waals surface area contributed by atoms with Crippen LogP contribution in [0.15, 0.2) is 30.3 Å². The van der Waals surface area contributed by atoms with E-state index < -0.39 is 23.4 Å². The van der Waals surface area contributed by atoms with Crippen LogP contribution in [0.1, 0.15) is 32.8 Å². The third kappa shape index (κ3) is 2.48. The van der Waals surface area contributed by atoms with E-state index in [-0.39, 0.29) is 6.54 Å². The van der Waals surface area contributed by atoms with Gasteiger partial charge >= 0.3 is 6.03 Å². The summed E-state index contributed by atoms with van der Waals surface area (Å²) in [5, 5.41) is 2.73. The van der Waals surface area contributed by atoms with Gasteiger partial charge in [0.1, 0.15) is 0 Å². The number of urea groups is 1. The molecule has 1 aromatic carbocycles. The topological polar surface area (TPSA) is 69.7 Å². The molecule has 1 N–H and O–H groups in total. The predicted octanol–water partition coefficient (Wildman–Crippen LogP) is 1.71. The van der Waals surface area contributed by atoms with Crippen molar-refractivity contribution < 1.29 is 14.4 Å². The monoisotopic (exact) mass is 317 g/mol. The Balaban J connectivity index is 2.69. The summed E-state index contributed by atoms with van der Waals surface area (Å²) in [7, 11) is 0. The van der Waals surface area contributed by atoms with Gasteiger partial charge in [-0.05, 0) is 25.8 Å². The summed E-state index contributed by atoms with van der Waals surface area (Å²) in [4.78, 5) is 41.2. The van der Waals surface area contributed by atoms with Crippen LogP contribution in [0.4, 0.5) is 4.79 Å². The molecule has 1 aliphatic rings. The number of imide groups is 1. The van der Waals surface area contributed by atoms with Crippen LogP contribution in [0.2, 0.25) is 0 Å². The second-order valence-electron chi connectivity index (χ2n) is 5.42. The molecule has 0 radical (unpaired) electrons. The van der Waals surface area contributed by atoms with Crippen molar-refractivity contribution in [1.29, 1.82) is 0 Å². The van der Waals surface area contributed by atoms with Gasteiger partial charge in [0.2, 0.25) is 5.54 Å². The molecule has 6 nitrogen and oxygen atoms in total. The van der Waals surface area contributed by atoms with E-state index >= 15 is 0 Å². The van der Waals surface area contributed by atoms with Crippen molar-refractivity contribution in [2.75, 3.05) is 19.6 Å². The van der Waals surface area contributed by atoms with E-state index in [1.165, 1.54) is 4.90 Å². The van der Waals surface area contributed by atoms with Crippen LogP contribution in [0, 0.1) is 0 Å². The highest BCUT2D eigenvalue weighted by atomic mass is 16.2. The van der Waals surface area contributed by atoms with Gasteiger partial charge in [0.05, 0.1) is 0 Å². The second-order valence-corrected chi connectivity index (χ2v) is 5.42. The summed E-state index contributed by atoms with van der Waals surface area (Å²) >= 11 is 0. The van der Waals surface area contributed by atoms with Gasteiger partial charge in [-0.2, -0.15) is 0 Å². The number of nitrogens with one attached hydrogen (secondary N) is 1. The third-order valence-corrected chi connectivity index (χ3v) is 4.04. The van der Waals surface area contributed by atoms with Gasteiger partial charge in [-0.25, -0.2) is 4.79 Å². The minimum Gasteiger partial charge on any atom is -0.354 e. The molecule has 23 heavy (non-hydrogen) atoms. The lowest BCUT2D eigenvalue weighted by molar-refractivity contribution is -0.144. The molecule has 4 amide bonds. The molecule has 0 aromatic heterocycles. The zero-order chi connectivity index (χ0) is 17.0. The number of benzene rings is 1. The smallest absolute Gasteiger partial charge is 0.328 e. The van der Waals surface area contributed by atoms with Crippen molar-refractivity contribution in [2.24, 2.45) is 0 Å². The van der Waals surface area contributed by atoms with Crippen molar-refractivity contribution in [3.63, 3.8) is 0 Å². The number of carbonyl (C=O) groups is 3. The van der Waals surface area contributed by atoms with Crippen LogP contribution >= 0.6 is 0 Å². The third-order valence-electron chi connectivity index (χ3n) is 4.04. The fourth-order valence-corrected chi connectivity index (χ4v) is 3.05. The molecule has 0 bridgehead atoms. The van der Waals surface area contributed by atoms with Crippen molar-refractivity contribution in [3.8, 4) is 0 Å². The Kier molecular flexibility index (Phi) is 5.03. The van der Waals surface area contributed by atoms with Crippen LogP contribution in [0.5, 0.6) is 0 Å². The first-order chi connectivity index (χ1) is 11.0. The molecule has 0 saturated carbocycles. The van der Waals surface area contributed by atoms with Crippen molar-refractivity contribution in [1.82, 2.24) is 15.1 Å². The van der Waals surface area contributed by atoms with E-state index in [2.05, 4.69) is 5.32 Å². The molecule has 1 heterocycles. The lowest BCUT2D eigenvalue weighted by Crippen LogP contribution is -2.57. The highest BCUT2D eigenvalue weighted by molar-refractivity contribution is 6.20. The SMILES string of the molecule is CCCN1C(=O)N(CC)C(=O)C1(C(=O)NCC)c1ccccc1. The maximum Gasteiger partial charge on any atom is 0.328 e. The fourth-order valence-electron chi connectivity index (χ4n) is 3.05. The molecular weight excluding hydrogens is 294 g/mol. The molecule has 1 unspecified atom stereocenters. The Bertz CT molecular complexity index is 602. The molecule has 1 aliphatic heterocycles. The summed E-state index contributed by atoms with van der Waals surface area (Å²) in [6.07, 6.45) is 0.657. The first-order valence-electron chi connectivity index (χ1n) is 8.02. The van der Waals surface area contributed by atoms with Gasteiger partial charge in [0.25, 0.3) is 11.8 Å². The number of amides is 4.